The van der Waals surface area contributed by atoms with Crippen molar-refractivity contribution in [2.45, 2.75) is 19.9 Å². The number of nitrogens with one attached hydrogen (secondary N) is 1. The average molecular weight is 272 g/mol. The molecule has 0 saturated heterocycles. The highest BCUT2D eigenvalue weighted by molar-refractivity contribution is 5.61. The Labute approximate surface area is 116 Å². The van der Waals surface area contributed by atoms with Crippen molar-refractivity contribution >= 4 is 17.1 Å². The van der Waals surface area contributed by atoms with Gasteiger partial charge in [-0.1, -0.05) is 13.0 Å². The second kappa shape index (κ2) is 6.01. The van der Waals surface area contributed by atoms with E-state index in [0.717, 1.165) is 17.7 Å². The summed E-state index contributed by atoms with van der Waals surface area (Å²) in [6.07, 6.45) is 2.62. The summed E-state index contributed by atoms with van der Waals surface area (Å²) in [6, 6.07) is 8.38. The molecule has 6 heteroatoms. The summed E-state index contributed by atoms with van der Waals surface area (Å²) in [7, 11) is 0. The molecule has 0 aliphatic carbocycles. The van der Waals surface area contributed by atoms with E-state index in [1.165, 1.54) is 12.1 Å². The van der Waals surface area contributed by atoms with Gasteiger partial charge in [0.2, 0.25) is 0 Å². The number of benzene rings is 1. The van der Waals surface area contributed by atoms with Crippen LogP contribution in [0.5, 0.6) is 0 Å². The van der Waals surface area contributed by atoms with Crippen LogP contribution < -0.4 is 11.1 Å². The predicted molar refractivity (Wildman–Crippen MR) is 78.5 cm³/mol. The first-order valence-corrected chi connectivity index (χ1v) is 6.31. The van der Waals surface area contributed by atoms with E-state index in [2.05, 4.69) is 17.2 Å². The summed E-state index contributed by atoms with van der Waals surface area (Å²) in [4.78, 5) is 14.6. The Morgan fingerprint density at radius 2 is 2.20 bits per heavy atom. The number of nitrogen functional groups attached to an aromatic ring is 1. The molecule has 104 valence electrons. The molecule has 6 nitrogen and oxygen atoms in total. The number of aryl methyl sites for hydroxylation is 1. The van der Waals surface area contributed by atoms with E-state index < -0.39 is 4.92 Å². The summed E-state index contributed by atoms with van der Waals surface area (Å²) in [5.74, 6) is 0. The number of hydrogen-bond donors (Lipinski definition) is 2. The molecule has 1 aromatic heterocycles. The number of nitro groups is 1. The number of nitrogens with two attached hydrogens (primary N) is 1. The normalized spacial score (nSPS) is 10.2. The Balaban J connectivity index is 2.16. The first kappa shape index (κ1) is 13.8. The van der Waals surface area contributed by atoms with E-state index in [1.807, 2.05) is 12.1 Å². The van der Waals surface area contributed by atoms with Gasteiger partial charge in [-0.25, -0.2) is 0 Å². The maximum Gasteiger partial charge on any atom is 0.273 e. The van der Waals surface area contributed by atoms with Crippen molar-refractivity contribution in [1.29, 1.82) is 0 Å². The minimum Gasteiger partial charge on any atom is -0.398 e. The van der Waals surface area contributed by atoms with Gasteiger partial charge in [0.25, 0.3) is 5.69 Å². The molecule has 0 amide bonds. The van der Waals surface area contributed by atoms with Gasteiger partial charge in [0.05, 0.1) is 17.2 Å². The van der Waals surface area contributed by atoms with Crippen molar-refractivity contribution in [2.75, 3.05) is 11.1 Å². The average Bonchev–Trinajstić information content (AvgIpc) is 2.44. The molecule has 2 aromatic rings. The molecule has 0 unspecified atom stereocenters. The second-order valence-electron chi connectivity index (χ2n) is 4.39. The van der Waals surface area contributed by atoms with Crippen LogP contribution in [0.25, 0.3) is 0 Å². The summed E-state index contributed by atoms with van der Waals surface area (Å²) in [5, 5.41) is 13.9. The van der Waals surface area contributed by atoms with Crippen molar-refractivity contribution in [3.63, 3.8) is 0 Å². The summed E-state index contributed by atoms with van der Waals surface area (Å²) >= 11 is 0. The molecule has 0 radical (unpaired) electrons. The van der Waals surface area contributed by atoms with E-state index >= 15 is 0 Å². The Morgan fingerprint density at radius 3 is 2.90 bits per heavy atom. The van der Waals surface area contributed by atoms with Gasteiger partial charge in [0, 0.05) is 29.7 Å². The van der Waals surface area contributed by atoms with Crippen molar-refractivity contribution < 1.29 is 4.92 Å². The fraction of sp³-hybridized carbons (Fsp3) is 0.214. The lowest BCUT2D eigenvalue weighted by molar-refractivity contribution is -0.384. The lowest BCUT2D eigenvalue weighted by Crippen LogP contribution is -2.05. The number of hydrogen-bond acceptors (Lipinski definition) is 5. The predicted octanol–water partition coefficient (Wildman–Crippen LogP) is 2.75. The summed E-state index contributed by atoms with van der Waals surface area (Å²) < 4.78 is 0. The van der Waals surface area contributed by atoms with Gasteiger partial charge in [-0.05, 0) is 24.1 Å². The zero-order chi connectivity index (χ0) is 14.5. The number of pyridine rings is 1. The molecule has 0 spiro atoms. The Kier molecular flexibility index (Phi) is 4.14. The van der Waals surface area contributed by atoms with E-state index in [9.17, 15) is 10.1 Å². The third-order valence-electron chi connectivity index (χ3n) is 2.98. The molecular weight excluding hydrogens is 256 g/mol. The van der Waals surface area contributed by atoms with E-state index in [1.54, 1.807) is 12.3 Å². The number of rotatable bonds is 5. The van der Waals surface area contributed by atoms with Crippen molar-refractivity contribution in [2.24, 2.45) is 0 Å². The van der Waals surface area contributed by atoms with Gasteiger partial charge in [-0.15, -0.1) is 0 Å². The van der Waals surface area contributed by atoms with Gasteiger partial charge in [0.1, 0.15) is 0 Å². The standard InChI is InChI=1S/C14H16N4O2/c1-2-10-4-3-5-16-14(10)9-17-12-6-11(15)7-13(8-12)18(19)20/h3-8,17H,2,9,15H2,1H3. The van der Waals surface area contributed by atoms with Gasteiger partial charge >= 0.3 is 0 Å². The van der Waals surface area contributed by atoms with Crippen LogP contribution in [0.15, 0.2) is 36.5 Å². The molecule has 1 aromatic carbocycles. The second-order valence-corrected chi connectivity index (χ2v) is 4.39. The third kappa shape index (κ3) is 3.23. The van der Waals surface area contributed by atoms with Crippen LogP contribution in [0.1, 0.15) is 18.2 Å². The van der Waals surface area contributed by atoms with Crippen LogP contribution in [-0.2, 0) is 13.0 Å². The maximum absolute atomic E-state index is 10.8. The summed E-state index contributed by atoms with van der Waals surface area (Å²) in [5.41, 5.74) is 8.70. The van der Waals surface area contributed by atoms with Crippen LogP contribution in [0.2, 0.25) is 0 Å². The van der Waals surface area contributed by atoms with Crippen molar-refractivity contribution in [3.8, 4) is 0 Å². The fourth-order valence-corrected chi connectivity index (χ4v) is 1.98. The molecule has 0 saturated carbocycles. The first-order valence-electron chi connectivity index (χ1n) is 6.31. The van der Waals surface area contributed by atoms with Crippen LogP contribution in [-0.4, -0.2) is 9.91 Å². The quantitative estimate of drug-likeness (QED) is 0.496. The minimum atomic E-state index is -0.459. The molecule has 0 aliphatic heterocycles. The lowest BCUT2D eigenvalue weighted by Gasteiger charge is -2.09. The Morgan fingerprint density at radius 1 is 1.40 bits per heavy atom. The van der Waals surface area contributed by atoms with Crippen molar-refractivity contribution in [3.05, 3.63) is 57.9 Å². The van der Waals surface area contributed by atoms with Crippen LogP contribution in [0, 0.1) is 10.1 Å². The molecule has 1 heterocycles. The number of non-ortho nitro benzene ring substituents is 1. The Bertz CT molecular complexity index is 628. The molecule has 3 N–H and O–H groups in total. The molecule has 2 rings (SSSR count). The Hall–Kier alpha value is -2.63. The third-order valence-corrected chi connectivity index (χ3v) is 2.98. The zero-order valence-corrected chi connectivity index (χ0v) is 11.2. The molecular formula is C14H16N4O2. The smallest absolute Gasteiger partial charge is 0.273 e. The fourth-order valence-electron chi connectivity index (χ4n) is 1.98. The van der Waals surface area contributed by atoms with E-state index in [-0.39, 0.29) is 5.69 Å². The van der Waals surface area contributed by atoms with E-state index in [4.69, 9.17) is 5.73 Å². The van der Waals surface area contributed by atoms with Gasteiger partial charge in [-0.3, -0.25) is 15.1 Å². The number of nitro benzene ring substituents is 1. The van der Waals surface area contributed by atoms with Gasteiger partial charge in [-0.2, -0.15) is 0 Å². The topological polar surface area (TPSA) is 94.1 Å². The highest BCUT2D eigenvalue weighted by atomic mass is 16.6. The molecule has 0 bridgehead atoms. The summed E-state index contributed by atoms with van der Waals surface area (Å²) in [6.45, 7) is 2.57. The largest absolute Gasteiger partial charge is 0.398 e. The van der Waals surface area contributed by atoms with Gasteiger partial charge in [0.15, 0.2) is 0 Å². The lowest BCUT2D eigenvalue weighted by atomic mass is 10.1. The molecule has 0 atom stereocenters. The molecule has 20 heavy (non-hydrogen) atoms. The SMILES string of the molecule is CCc1cccnc1CNc1cc(N)cc([N+](=O)[O-])c1. The number of anilines is 2. The minimum absolute atomic E-state index is 0.0239. The zero-order valence-electron chi connectivity index (χ0n) is 11.2. The van der Waals surface area contributed by atoms with Crippen molar-refractivity contribution in [1.82, 2.24) is 4.98 Å². The highest BCUT2D eigenvalue weighted by Gasteiger charge is 2.09. The molecule has 0 aliphatic rings. The van der Waals surface area contributed by atoms with E-state index in [0.29, 0.717) is 17.9 Å². The first-order chi connectivity index (χ1) is 9.60. The maximum atomic E-state index is 10.8. The highest BCUT2D eigenvalue weighted by Crippen LogP contribution is 2.22. The number of aromatic nitrogens is 1. The monoisotopic (exact) mass is 272 g/mol. The molecule has 0 fully saturated rings. The van der Waals surface area contributed by atoms with Crippen LogP contribution in [0.3, 0.4) is 0 Å². The number of nitrogens with zero attached hydrogens (tertiary/aromatic N) is 2. The van der Waals surface area contributed by atoms with Gasteiger partial charge < -0.3 is 11.1 Å². The van der Waals surface area contributed by atoms with Crippen LogP contribution >= 0.6 is 0 Å². The van der Waals surface area contributed by atoms with Crippen LogP contribution in [0.4, 0.5) is 17.1 Å².